The molecule has 1 amide bonds. The van der Waals surface area contributed by atoms with E-state index in [1.807, 2.05) is 49.6 Å². The van der Waals surface area contributed by atoms with Gasteiger partial charge >= 0.3 is 0 Å². The maximum atomic E-state index is 12.3. The summed E-state index contributed by atoms with van der Waals surface area (Å²) >= 11 is 4.78. The second-order valence-corrected chi connectivity index (χ2v) is 8.33. The van der Waals surface area contributed by atoms with Gasteiger partial charge < -0.3 is 9.47 Å². The molecule has 0 fully saturated rings. The van der Waals surface area contributed by atoms with Crippen LogP contribution in [-0.4, -0.2) is 24.1 Å². The Labute approximate surface area is 193 Å². The van der Waals surface area contributed by atoms with Crippen molar-refractivity contribution in [1.82, 2.24) is 4.98 Å². The molecule has 158 valence electrons. The van der Waals surface area contributed by atoms with Crippen LogP contribution in [0.15, 0.2) is 57.9 Å². The van der Waals surface area contributed by atoms with Crippen LogP contribution in [0.3, 0.4) is 0 Å². The molecule has 0 saturated carbocycles. The first-order chi connectivity index (χ1) is 14.9. The number of ether oxygens (including phenoxy) is 2. The van der Waals surface area contributed by atoms with Gasteiger partial charge in [-0.25, -0.2) is 4.98 Å². The molecular weight excluding hydrogens is 478 g/mol. The van der Waals surface area contributed by atoms with E-state index in [-0.39, 0.29) is 5.57 Å². The summed E-state index contributed by atoms with van der Waals surface area (Å²) in [5.41, 5.74) is 2.67. The number of hydrogen-bond acceptors (Lipinski definition) is 6. The zero-order valence-electron chi connectivity index (χ0n) is 17.0. The van der Waals surface area contributed by atoms with Crippen LogP contribution >= 0.6 is 27.3 Å². The Morgan fingerprint density at radius 1 is 1.19 bits per heavy atom. The van der Waals surface area contributed by atoms with Crippen molar-refractivity contribution in [1.29, 1.82) is 5.26 Å². The summed E-state index contributed by atoms with van der Waals surface area (Å²) in [4.78, 5) is 16.5. The molecule has 3 aromatic rings. The Morgan fingerprint density at radius 2 is 1.94 bits per heavy atom. The number of aromatic nitrogens is 1. The summed E-state index contributed by atoms with van der Waals surface area (Å²) in [5, 5.41) is 14.3. The number of rotatable bonds is 8. The smallest absolute Gasteiger partial charge is 0.268 e. The number of benzene rings is 2. The first-order valence-electron chi connectivity index (χ1n) is 9.41. The third kappa shape index (κ3) is 6.67. The van der Waals surface area contributed by atoms with Gasteiger partial charge in [0, 0.05) is 5.38 Å². The van der Waals surface area contributed by atoms with E-state index < -0.39 is 5.91 Å². The Bertz CT molecular complexity index is 1130. The fourth-order valence-corrected chi connectivity index (χ4v) is 3.75. The number of carbonyl (C=O) groups is 1. The van der Waals surface area contributed by atoms with E-state index in [0.717, 1.165) is 11.4 Å². The summed E-state index contributed by atoms with van der Waals surface area (Å²) in [5.74, 6) is 0.941. The highest BCUT2D eigenvalue weighted by Crippen LogP contribution is 2.27. The maximum absolute atomic E-state index is 12.3. The van der Waals surface area contributed by atoms with Crippen molar-refractivity contribution in [3.8, 4) is 17.6 Å². The normalized spacial score (nSPS) is 11.0. The molecule has 6 nitrogen and oxygen atoms in total. The van der Waals surface area contributed by atoms with Crippen LogP contribution in [0.2, 0.25) is 0 Å². The van der Waals surface area contributed by atoms with Crippen LogP contribution in [0, 0.1) is 25.2 Å². The molecule has 31 heavy (non-hydrogen) atoms. The van der Waals surface area contributed by atoms with E-state index in [9.17, 15) is 10.1 Å². The quantitative estimate of drug-likeness (QED) is 0.251. The number of halogens is 1. The molecule has 0 aliphatic carbocycles. The van der Waals surface area contributed by atoms with Crippen LogP contribution in [0.25, 0.3) is 6.08 Å². The molecule has 0 unspecified atom stereocenters. The lowest BCUT2D eigenvalue weighted by Crippen LogP contribution is -2.13. The van der Waals surface area contributed by atoms with Gasteiger partial charge in [0.25, 0.3) is 5.91 Å². The lowest BCUT2D eigenvalue weighted by molar-refractivity contribution is -0.112. The molecule has 0 spiro atoms. The van der Waals surface area contributed by atoms with Crippen molar-refractivity contribution < 1.29 is 14.3 Å². The van der Waals surface area contributed by atoms with Gasteiger partial charge in [-0.05, 0) is 65.7 Å². The molecule has 1 aromatic heterocycles. The largest absolute Gasteiger partial charge is 0.490 e. The molecule has 0 aliphatic rings. The zero-order chi connectivity index (χ0) is 22.2. The Morgan fingerprint density at radius 3 is 2.58 bits per heavy atom. The Hall–Kier alpha value is -3.15. The molecular formula is C23H20BrN3O3S. The van der Waals surface area contributed by atoms with Crippen molar-refractivity contribution in [3.05, 3.63) is 74.7 Å². The molecule has 0 bridgehead atoms. The van der Waals surface area contributed by atoms with Crippen LogP contribution in [-0.2, 0) is 4.79 Å². The average molecular weight is 498 g/mol. The van der Waals surface area contributed by atoms with E-state index >= 15 is 0 Å². The van der Waals surface area contributed by atoms with Gasteiger partial charge in [0.1, 0.15) is 36.4 Å². The minimum absolute atomic E-state index is 0.0140. The van der Waals surface area contributed by atoms with E-state index in [1.165, 1.54) is 23.0 Å². The summed E-state index contributed by atoms with van der Waals surface area (Å²) in [6, 6.07) is 15.1. The van der Waals surface area contributed by atoms with Crippen molar-refractivity contribution in [2.24, 2.45) is 0 Å². The first kappa shape index (κ1) is 22.5. The lowest BCUT2D eigenvalue weighted by atomic mass is 10.1. The molecule has 1 heterocycles. The lowest BCUT2D eigenvalue weighted by Gasteiger charge is -2.10. The van der Waals surface area contributed by atoms with E-state index in [0.29, 0.717) is 34.1 Å². The highest BCUT2D eigenvalue weighted by molar-refractivity contribution is 9.10. The monoisotopic (exact) mass is 497 g/mol. The predicted octanol–water partition coefficient (Wildman–Crippen LogP) is 5.53. The number of anilines is 1. The maximum Gasteiger partial charge on any atom is 0.268 e. The first-order valence-corrected chi connectivity index (χ1v) is 11.1. The summed E-state index contributed by atoms with van der Waals surface area (Å²) in [7, 11) is 0. The number of thiazole rings is 1. The van der Waals surface area contributed by atoms with Crippen LogP contribution in [0.5, 0.6) is 11.5 Å². The van der Waals surface area contributed by atoms with Gasteiger partial charge in [0.05, 0.1) is 10.2 Å². The molecule has 1 N–H and O–H groups in total. The minimum atomic E-state index is -0.499. The van der Waals surface area contributed by atoms with Gasteiger partial charge in [-0.15, -0.1) is 11.3 Å². The number of hydrogen-bond donors (Lipinski definition) is 1. The highest BCUT2D eigenvalue weighted by atomic mass is 79.9. The molecule has 2 aromatic carbocycles. The standard InChI is InChI=1S/C23H20BrN3O3S/c1-15-3-6-19(7-4-15)29-9-10-30-21-8-5-17(12-20(21)24)11-18(13-25)22(28)27-23-26-16(2)14-31-23/h3-8,11-12,14H,9-10H2,1-2H3,(H,26,27,28)/b18-11-. The third-order valence-corrected chi connectivity index (χ3v) is 5.60. The third-order valence-electron chi connectivity index (χ3n) is 4.10. The second kappa shape index (κ2) is 10.8. The highest BCUT2D eigenvalue weighted by Gasteiger charge is 2.12. The van der Waals surface area contributed by atoms with Gasteiger partial charge in [-0.2, -0.15) is 5.26 Å². The van der Waals surface area contributed by atoms with E-state index in [1.54, 1.807) is 18.2 Å². The van der Waals surface area contributed by atoms with Gasteiger partial charge in [0.15, 0.2) is 5.13 Å². The zero-order valence-corrected chi connectivity index (χ0v) is 19.4. The van der Waals surface area contributed by atoms with Crippen molar-refractivity contribution >= 4 is 44.4 Å². The van der Waals surface area contributed by atoms with E-state index in [2.05, 4.69) is 26.2 Å². The molecule has 0 radical (unpaired) electrons. The molecule has 0 saturated heterocycles. The van der Waals surface area contributed by atoms with Crippen LogP contribution in [0.4, 0.5) is 5.13 Å². The number of nitrogens with one attached hydrogen (secondary N) is 1. The summed E-state index contributed by atoms with van der Waals surface area (Å²) in [6.07, 6.45) is 1.52. The predicted molar refractivity (Wildman–Crippen MR) is 125 cm³/mol. The Kier molecular flexibility index (Phi) is 7.82. The molecule has 8 heteroatoms. The summed E-state index contributed by atoms with van der Waals surface area (Å²) in [6.45, 7) is 4.65. The number of nitrogens with zero attached hydrogens (tertiary/aromatic N) is 2. The van der Waals surface area contributed by atoms with Crippen LogP contribution < -0.4 is 14.8 Å². The SMILES string of the molecule is Cc1ccc(OCCOc2ccc(/C=C(/C#N)C(=O)Nc3nc(C)cs3)cc2Br)cc1. The number of amides is 1. The molecule has 0 aliphatic heterocycles. The van der Waals surface area contributed by atoms with Crippen molar-refractivity contribution in [2.45, 2.75) is 13.8 Å². The number of nitriles is 1. The van der Waals surface area contributed by atoms with Crippen molar-refractivity contribution in [2.75, 3.05) is 18.5 Å². The number of aryl methyl sites for hydroxylation is 2. The molecule has 0 atom stereocenters. The second-order valence-electron chi connectivity index (χ2n) is 6.62. The van der Waals surface area contributed by atoms with E-state index in [4.69, 9.17) is 9.47 Å². The van der Waals surface area contributed by atoms with Gasteiger partial charge in [0.2, 0.25) is 0 Å². The van der Waals surface area contributed by atoms with Gasteiger partial charge in [-0.3, -0.25) is 10.1 Å². The Balaban J connectivity index is 1.57. The van der Waals surface area contributed by atoms with Crippen LogP contribution in [0.1, 0.15) is 16.8 Å². The van der Waals surface area contributed by atoms with Crippen molar-refractivity contribution in [3.63, 3.8) is 0 Å². The topological polar surface area (TPSA) is 84.2 Å². The number of carbonyl (C=O) groups excluding carboxylic acids is 1. The fraction of sp³-hybridized carbons (Fsp3) is 0.174. The molecule has 3 rings (SSSR count). The summed E-state index contributed by atoms with van der Waals surface area (Å²) < 4.78 is 12.1. The minimum Gasteiger partial charge on any atom is -0.490 e. The average Bonchev–Trinajstić information content (AvgIpc) is 3.16. The van der Waals surface area contributed by atoms with Gasteiger partial charge in [-0.1, -0.05) is 23.8 Å². The fourth-order valence-electron chi connectivity index (χ4n) is 2.56.